The van der Waals surface area contributed by atoms with Crippen LogP contribution >= 0.6 is 0 Å². The second kappa shape index (κ2) is 6.19. The van der Waals surface area contributed by atoms with Gasteiger partial charge in [0.25, 0.3) is 0 Å². The highest BCUT2D eigenvalue weighted by atomic mass is 19.1. The SMILES string of the molecule is Cc1cc(F)cc(NC(C)CC2CCCCN2)c1. The lowest BCUT2D eigenvalue weighted by Crippen LogP contribution is -2.37. The van der Waals surface area contributed by atoms with Crippen molar-refractivity contribution in [2.75, 3.05) is 11.9 Å². The van der Waals surface area contributed by atoms with Gasteiger partial charge in [0.05, 0.1) is 0 Å². The van der Waals surface area contributed by atoms with Crippen LogP contribution in [-0.2, 0) is 0 Å². The molecule has 18 heavy (non-hydrogen) atoms. The minimum Gasteiger partial charge on any atom is -0.382 e. The van der Waals surface area contributed by atoms with Gasteiger partial charge >= 0.3 is 0 Å². The number of rotatable bonds is 4. The highest BCUT2D eigenvalue weighted by Gasteiger charge is 2.15. The molecule has 2 rings (SSSR count). The normalized spacial score (nSPS) is 21.6. The lowest BCUT2D eigenvalue weighted by Gasteiger charge is -2.27. The van der Waals surface area contributed by atoms with Crippen LogP contribution in [0.15, 0.2) is 18.2 Å². The van der Waals surface area contributed by atoms with Gasteiger partial charge in [-0.2, -0.15) is 0 Å². The van der Waals surface area contributed by atoms with Crippen molar-refractivity contribution in [2.45, 2.75) is 51.6 Å². The van der Waals surface area contributed by atoms with E-state index in [1.807, 2.05) is 13.0 Å². The van der Waals surface area contributed by atoms with Gasteiger partial charge in [-0.15, -0.1) is 0 Å². The molecule has 1 saturated heterocycles. The maximum absolute atomic E-state index is 13.3. The standard InChI is InChI=1S/C15H23FN2/c1-11-7-13(16)10-15(8-11)18-12(2)9-14-5-3-4-6-17-14/h7-8,10,12,14,17-18H,3-6,9H2,1-2H3. The molecule has 1 fully saturated rings. The Morgan fingerprint density at radius 1 is 1.39 bits per heavy atom. The molecule has 100 valence electrons. The number of halogens is 1. The molecule has 0 bridgehead atoms. The van der Waals surface area contributed by atoms with Gasteiger partial charge in [0.1, 0.15) is 5.82 Å². The van der Waals surface area contributed by atoms with Crippen molar-refractivity contribution >= 4 is 5.69 Å². The highest BCUT2D eigenvalue weighted by molar-refractivity contribution is 5.46. The summed E-state index contributed by atoms with van der Waals surface area (Å²) in [5.74, 6) is -0.166. The molecule has 2 N–H and O–H groups in total. The molecule has 1 aliphatic heterocycles. The van der Waals surface area contributed by atoms with Crippen LogP contribution in [-0.4, -0.2) is 18.6 Å². The van der Waals surface area contributed by atoms with Crippen molar-refractivity contribution < 1.29 is 4.39 Å². The molecular weight excluding hydrogens is 227 g/mol. The summed E-state index contributed by atoms with van der Waals surface area (Å²) in [5.41, 5.74) is 1.84. The van der Waals surface area contributed by atoms with Gasteiger partial charge in [-0.3, -0.25) is 0 Å². The van der Waals surface area contributed by atoms with E-state index in [1.165, 1.54) is 19.3 Å². The van der Waals surface area contributed by atoms with Gasteiger partial charge in [0.15, 0.2) is 0 Å². The van der Waals surface area contributed by atoms with Gasteiger partial charge in [-0.05, 0) is 63.4 Å². The topological polar surface area (TPSA) is 24.1 Å². The van der Waals surface area contributed by atoms with Gasteiger partial charge in [-0.25, -0.2) is 4.39 Å². The van der Waals surface area contributed by atoms with E-state index in [2.05, 4.69) is 17.6 Å². The number of aryl methyl sites for hydroxylation is 1. The largest absolute Gasteiger partial charge is 0.382 e. The van der Waals surface area contributed by atoms with Crippen LogP contribution in [0.1, 0.15) is 38.2 Å². The van der Waals surface area contributed by atoms with Crippen LogP contribution in [0.5, 0.6) is 0 Å². The Morgan fingerprint density at radius 3 is 2.89 bits per heavy atom. The van der Waals surface area contributed by atoms with Crippen molar-refractivity contribution in [3.63, 3.8) is 0 Å². The molecule has 2 atom stereocenters. The predicted octanol–water partition coefficient (Wildman–Crippen LogP) is 3.47. The molecule has 0 saturated carbocycles. The molecule has 0 radical (unpaired) electrons. The zero-order valence-electron chi connectivity index (χ0n) is 11.3. The number of hydrogen-bond donors (Lipinski definition) is 2. The third-order valence-corrected chi connectivity index (χ3v) is 3.51. The Hall–Kier alpha value is -1.09. The molecule has 1 heterocycles. The van der Waals surface area contributed by atoms with E-state index in [9.17, 15) is 4.39 Å². The van der Waals surface area contributed by atoms with E-state index in [-0.39, 0.29) is 5.82 Å². The summed E-state index contributed by atoms with van der Waals surface area (Å²) in [7, 11) is 0. The minimum absolute atomic E-state index is 0.166. The van der Waals surface area contributed by atoms with Crippen LogP contribution in [0.25, 0.3) is 0 Å². The molecule has 1 aromatic carbocycles. The lowest BCUT2D eigenvalue weighted by molar-refractivity contribution is 0.371. The van der Waals surface area contributed by atoms with Crippen LogP contribution in [0.3, 0.4) is 0 Å². The molecule has 1 aromatic rings. The molecule has 0 spiro atoms. The highest BCUT2D eigenvalue weighted by Crippen LogP contribution is 2.17. The third kappa shape index (κ3) is 3.98. The van der Waals surface area contributed by atoms with E-state index >= 15 is 0 Å². The summed E-state index contributed by atoms with van der Waals surface area (Å²) in [6, 6.07) is 6.09. The van der Waals surface area contributed by atoms with Crippen molar-refractivity contribution in [1.29, 1.82) is 0 Å². The average molecular weight is 250 g/mol. The number of anilines is 1. The molecule has 2 unspecified atom stereocenters. The molecular formula is C15H23FN2. The van der Waals surface area contributed by atoms with Gasteiger partial charge in [0, 0.05) is 17.8 Å². The Morgan fingerprint density at radius 2 is 2.22 bits per heavy atom. The molecule has 3 heteroatoms. The minimum atomic E-state index is -0.166. The first-order valence-corrected chi connectivity index (χ1v) is 6.90. The maximum Gasteiger partial charge on any atom is 0.125 e. The number of benzene rings is 1. The van der Waals surface area contributed by atoms with E-state index in [1.54, 1.807) is 12.1 Å². The second-order valence-corrected chi connectivity index (χ2v) is 5.45. The van der Waals surface area contributed by atoms with E-state index in [0.717, 1.165) is 24.2 Å². The zero-order chi connectivity index (χ0) is 13.0. The Bertz CT molecular complexity index is 366. The van der Waals surface area contributed by atoms with Gasteiger partial charge in [0.2, 0.25) is 0 Å². The number of nitrogens with one attached hydrogen (secondary N) is 2. The zero-order valence-corrected chi connectivity index (χ0v) is 11.3. The van der Waals surface area contributed by atoms with Crippen LogP contribution in [0.4, 0.5) is 10.1 Å². The summed E-state index contributed by atoms with van der Waals surface area (Å²) in [6.07, 6.45) is 4.97. The van der Waals surface area contributed by atoms with E-state index < -0.39 is 0 Å². The fourth-order valence-corrected chi connectivity index (χ4v) is 2.72. The van der Waals surface area contributed by atoms with Crippen molar-refractivity contribution in [1.82, 2.24) is 5.32 Å². The Balaban J connectivity index is 1.87. The van der Waals surface area contributed by atoms with Gasteiger partial charge in [-0.1, -0.05) is 6.42 Å². The predicted molar refractivity (Wildman–Crippen MR) is 74.5 cm³/mol. The fraction of sp³-hybridized carbons (Fsp3) is 0.600. The Kier molecular flexibility index (Phi) is 4.59. The quantitative estimate of drug-likeness (QED) is 0.855. The van der Waals surface area contributed by atoms with E-state index in [0.29, 0.717) is 12.1 Å². The Labute approximate surface area is 109 Å². The monoisotopic (exact) mass is 250 g/mol. The summed E-state index contributed by atoms with van der Waals surface area (Å²) in [5, 5.41) is 6.94. The first-order chi connectivity index (χ1) is 8.63. The molecule has 0 amide bonds. The average Bonchev–Trinajstić information content (AvgIpc) is 2.28. The third-order valence-electron chi connectivity index (χ3n) is 3.51. The molecule has 0 aliphatic carbocycles. The first-order valence-electron chi connectivity index (χ1n) is 6.90. The van der Waals surface area contributed by atoms with Crippen LogP contribution < -0.4 is 10.6 Å². The van der Waals surface area contributed by atoms with Crippen LogP contribution in [0.2, 0.25) is 0 Å². The molecule has 2 nitrogen and oxygen atoms in total. The van der Waals surface area contributed by atoms with Crippen molar-refractivity contribution in [3.8, 4) is 0 Å². The van der Waals surface area contributed by atoms with E-state index in [4.69, 9.17) is 0 Å². The summed E-state index contributed by atoms with van der Waals surface area (Å²) < 4.78 is 13.3. The number of hydrogen-bond acceptors (Lipinski definition) is 2. The second-order valence-electron chi connectivity index (χ2n) is 5.45. The summed E-state index contributed by atoms with van der Waals surface area (Å²) in [6.45, 7) is 5.22. The molecule has 0 aromatic heterocycles. The smallest absolute Gasteiger partial charge is 0.125 e. The summed E-state index contributed by atoms with van der Waals surface area (Å²) in [4.78, 5) is 0. The summed E-state index contributed by atoms with van der Waals surface area (Å²) >= 11 is 0. The lowest BCUT2D eigenvalue weighted by atomic mass is 9.98. The van der Waals surface area contributed by atoms with Crippen molar-refractivity contribution in [2.24, 2.45) is 0 Å². The van der Waals surface area contributed by atoms with Crippen molar-refractivity contribution in [3.05, 3.63) is 29.6 Å². The first kappa shape index (κ1) is 13.3. The van der Waals surface area contributed by atoms with Crippen LogP contribution in [0, 0.1) is 12.7 Å². The number of piperidine rings is 1. The fourth-order valence-electron chi connectivity index (χ4n) is 2.72. The maximum atomic E-state index is 13.3. The van der Waals surface area contributed by atoms with Gasteiger partial charge < -0.3 is 10.6 Å². The molecule has 1 aliphatic rings.